The van der Waals surface area contributed by atoms with Crippen LogP contribution in [0.5, 0.6) is 0 Å². The molecule has 0 saturated carbocycles. The molecular formula is C22H22FN5O3. The average Bonchev–Trinajstić information content (AvgIpc) is 3.33. The second-order valence-electron chi connectivity index (χ2n) is 7.34. The lowest BCUT2D eigenvalue weighted by Crippen LogP contribution is -2.34. The molecule has 8 nitrogen and oxygen atoms in total. The zero-order chi connectivity index (χ0) is 21.8. The fraction of sp³-hybridized carbons (Fsp3) is 0.273. The molecule has 9 heteroatoms. The van der Waals surface area contributed by atoms with Crippen molar-refractivity contribution in [2.45, 2.75) is 19.4 Å². The van der Waals surface area contributed by atoms with Crippen molar-refractivity contribution in [1.82, 2.24) is 19.6 Å². The fourth-order valence-electron chi connectivity index (χ4n) is 3.53. The van der Waals surface area contributed by atoms with Crippen LogP contribution in [0.25, 0.3) is 5.65 Å². The van der Waals surface area contributed by atoms with E-state index < -0.39 is 11.5 Å². The molecule has 3 aromatic rings. The Labute approximate surface area is 177 Å². The predicted molar refractivity (Wildman–Crippen MR) is 113 cm³/mol. The van der Waals surface area contributed by atoms with Gasteiger partial charge in [-0.2, -0.15) is 0 Å². The summed E-state index contributed by atoms with van der Waals surface area (Å²) in [6, 6.07) is 8.98. The first-order valence-corrected chi connectivity index (χ1v) is 10.1. The van der Waals surface area contributed by atoms with E-state index in [1.54, 1.807) is 29.2 Å². The lowest BCUT2D eigenvalue weighted by Gasteiger charge is -2.16. The second-order valence-corrected chi connectivity index (χ2v) is 7.34. The molecule has 0 spiro atoms. The van der Waals surface area contributed by atoms with Gasteiger partial charge < -0.3 is 15.5 Å². The van der Waals surface area contributed by atoms with E-state index in [0.29, 0.717) is 0 Å². The number of likely N-dealkylation sites (tertiary alicyclic amines) is 1. The monoisotopic (exact) mass is 423 g/mol. The van der Waals surface area contributed by atoms with Crippen molar-refractivity contribution in [3.63, 3.8) is 0 Å². The van der Waals surface area contributed by atoms with E-state index in [1.807, 2.05) is 0 Å². The quantitative estimate of drug-likeness (QED) is 0.630. The van der Waals surface area contributed by atoms with Gasteiger partial charge in [0.05, 0.1) is 18.3 Å². The highest BCUT2D eigenvalue weighted by Crippen LogP contribution is 2.11. The van der Waals surface area contributed by atoms with Crippen LogP contribution < -0.4 is 16.2 Å². The molecule has 0 unspecified atom stereocenters. The number of nitrogens with one attached hydrogen (secondary N) is 2. The number of benzene rings is 1. The summed E-state index contributed by atoms with van der Waals surface area (Å²) in [7, 11) is 0. The summed E-state index contributed by atoms with van der Waals surface area (Å²) >= 11 is 0. The predicted octanol–water partition coefficient (Wildman–Crippen LogP) is 1.80. The summed E-state index contributed by atoms with van der Waals surface area (Å²) < 4.78 is 14.3. The van der Waals surface area contributed by atoms with E-state index in [9.17, 15) is 18.8 Å². The number of hydrogen-bond donors (Lipinski definition) is 2. The molecule has 160 valence electrons. The summed E-state index contributed by atoms with van der Waals surface area (Å²) in [4.78, 5) is 43.7. The van der Waals surface area contributed by atoms with Crippen molar-refractivity contribution in [1.29, 1.82) is 0 Å². The molecule has 31 heavy (non-hydrogen) atoms. The van der Waals surface area contributed by atoms with E-state index in [1.165, 1.54) is 28.9 Å². The molecule has 0 atom stereocenters. The van der Waals surface area contributed by atoms with Crippen molar-refractivity contribution < 1.29 is 14.0 Å². The minimum atomic E-state index is -0.403. The maximum atomic E-state index is 13.0. The van der Waals surface area contributed by atoms with Crippen LogP contribution >= 0.6 is 0 Å². The highest BCUT2D eigenvalue weighted by atomic mass is 19.1. The second kappa shape index (κ2) is 8.95. The third kappa shape index (κ3) is 4.55. The topological polar surface area (TPSA) is 95.8 Å². The molecule has 1 aromatic carbocycles. The van der Waals surface area contributed by atoms with Gasteiger partial charge in [-0.1, -0.05) is 12.1 Å². The number of halogens is 1. The zero-order valence-electron chi connectivity index (χ0n) is 16.8. The van der Waals surface area contributed by atoms with Gasteiger partial charge in [0, 0.05) is 25.8 Å². The Balaban J connectivity index is 1.49. The molecule has 1 aliphatic heterocycles. The number of aromatic nitrogens is 2. The third-order valence-electron chi connectivity index (χ3n) is 5.23. The minimum Gasteiger partial charge on any atom is -0.370 e. The van der Waals surface area contributed by atoms with E-state index >= 15 is 0 Å². The van der Waals surface area contributed by atoms with E-state index in [-0.39, 0.29) is 41.7 Å². The number of carbonyl (C=O) groups is 2. The summed E-state index contributed by atoms with van der Waals surface area (Å²) in [6.45, 7) is 1.71. The van der Waals surface area contributed by atoms with Gasteiger partial charge in [0.2, 0.25) is 5.91 Å². The number of rotatable bonds is 6. The van der Waals surface area contributed by atoms with Crippen molar-refractivity contribution in [3.05, 3.63) is 76.1 Å². The maximum absolute atomic E-state index is 13.0. The molecule has 1 saturated heterocycles. The summed E-state index contributed by atoms with van der Waals surface area (Å²) in [5.74, 6) is -0.811. The van der Waals surface area contributed by atoms with Crippen molar-refractivity contribution in [2.24, 2.45) is 0 Å². The van der Waals surface area contributed by atoms with Crippen LogP contribution in [0.4, 0.5) is 10.1 Å². The number of nitrogens with zero attached hydrogens (tertiary/aromatic N) is 3. The van der Waals surface area contributed by atoms with Crippen LogP contribution in [0.1, 0.15) is 28.8 Å². The highest BCUT2D eigenvalue weighted by molar-refractivity contribution is 5.99. The van der Waals surface area contributed by atoms with Crippen LogP contribution in [0.15, 0.2) is 53.6 Å². The van der Waals surface area contributed by atoms with Gasteiger partial charge in [-0.25, -0.2) is 9.37 Å². The standard InChI is InChI=1S/C22H22FN5O3/c23-16-7-5-15(6-8-16)12-26-21(30)17-4-3-11-28-20(17)25-13-18(22(28)31)24-14-19(29)27-9-1-2-10-27/h3-8,11,13,24H,1-2,9-10,12,14H2,(H,26,30). The molecule has 0 aliphatic carbocycles. The highest BCUT2D eigenvalue weighted by Gasteiger charge is 2.18. The van der Waals surface area contributed by atoms with Gasteiger partial charge in [-0.15, -0.1) is 0 Å². The summed E-state index contributed by atoms with van der Waals surface area (Å²) in [5.41, 5.74) is 0.984. The largest absolute Gasteiger partial charge is 0.370 e. The third-order valence-corrected chi connectivity index (χ3v) is 5.23. The zero-order valence-corrected chi connectivity index (χ0v) is 16.8. The van der Waals surface area contributed by atoms with E-state index in [2.05, 4.69) is 15.6 Å². The minimum absolute atomic E-state index is 0.0147. The molecule has 2 aromatic heterocycles. The molecule has 2 N–H and O–H groups in total. The molecule has 0 bridgehead atoms. The van der Waals surface area contributed by atoms with Crippen molar-refractivity contribution in [3.8, 4) is 0 Å². The Kier molecular flexibility index (Phi) is 5.92. The number of pyridine rings is 1. The number of fused-ring (bicyclic) bond motifs is 1. The Hall–Kier alpha value is -3.75. The van der Waals surface area contributed by atoms with Gasteiger partial charge in [0.15, 0.2) is 5.65 Å². The normalized spacial score (nSPS) is 13.4. The van der Waals surface area contributed by atoms with Gasteiger partial charge in [-0.3, -0.25) is 18.8 Å². The average molecular weight is 423 g/mol. The van der Waals surface area contributed by atoms with Gasteiger partial charge in [0.25, 0.3) is 11.5 Å². The lowest BCUT2D eigenvalue weighted by atomic mass is 10.2. The number of amides is 2. The molecule has 0 radical (unpaired) electrons. The number of carbonyl (C=O) groups excluding carboxylic acids is 2. The molecule has 3 heterocycles. The van der Waals surface area contributed by atoms with Crippen LogP contribution in [-0.2, 0) is 11.3 Å². The van der Waals surface area contributed by atoms with E-state index in [0.717, 1.165) is 31.5 Å². The molecule has 1 fully saturated rings. The SMILES string of the molecule is O=C(NCc1ccc(F)cc1)c1cccn2c(=O)c(NCC(=O)N3CCCC3)cnc12. The Morgan fingerprint density at radius 2 is 1.84 bits per heavy atom. The lowest BCUT2D eigenvalue weighted by molar-refractivity contribution is -0.128. The molecular weight excluding hydrogens is 401 g/mol. The Morgan fingerprint density at radius 3 is 2.58 bits per heavy atom. The van der Waals surface area contributed by atoms with Crippen LogP contribution in [0, 0.1) is 5.82 Å². The fourth-order valence-corrected chi connectivity index (χ4v) is 3.53. The smallest absolute Gasteiger partial charge is 0.281 e. The van der Waals surface area contributed by atoms with E-state index in [4.69, 9.17) is 0 Å². The number of hydrogen-bond acceptors (Lipinski definition) is 5. The van der Waals surface area contributed by atoms with Crippen LogP contribution in [0.2, 0.25) is 0 Å². The first-order chi connectivity index (χ1) is 15.0. The maximum Gasteiger partial charge on any atom is 0.281 e. The Morgan fingerprint density at radius 1 is 1.10 bits per heavy atom. The van der Waals surface area contributed by atoms with Gasteiger partial charge >= 0.3 is 0 Å². The number of anilines is 1. The molecule has 4 rings (SSSR count). The summed E-state index contributed by atoms with van der Waals surface area (Å²) in [6.07, 6.45) is 4.86. The van der Waals surface area contributed by atoms with Gasteiger partial charge in [-0.05, 0) is 42.7 Å². The first-order valence-electron chi connectivity index (χ1n) is 10.1. The van der Waals surface area contributed by atoms with Crippen molar-refractivity contribution >= 4 is 23.1 Å². The van der Waals surface area contributed by atoms with Gasteiger partial charge in [0.1, 0.15) is 11.5 Å². The molecule has 1 aliphatic rings. The Bertz CT molecular complexity index is 1170. The van der Waals surface area contributed by atoms with Crippen molar-refractivity contribution in [2.75, 3.05) is 25.0 Å². The van der Waals surface area contributed by atoms with Crippen LogP contribution in [0.3, 0.4) is 0 Å². The van der Waals surface area contributed by atoms with Crippen LogP contribution in [-0.4, -0.2) is 45.7 Å². The first kappa shape index (κ1) is 20.5. The summed E-state index contributed by atoms with van der Waals surface area (Å²) in [5, 5.41) is 5.61. The molecule has 2 amide bonds.